The minimum atomic E-state index is -4.64. The number of carbonyl (C=O) groups is 1. The molecule has 2 aromatic heterocycles. The lowest BCUT2D eigenvalue weighted by Gasteiger charge is -2.29. The van der Waals surface area contributed by atoms with Gasteiger partial charge in [-0.3, -0.25) is 13.9 Å². The zero-order valence-electron chi connectivity index (χ0n) is 19.7. The van der Waals surface area contributed by atoms with Crippen molar-refractivity contribution in [1.82, 2.24) is 18.7 Å². The van der Waals surface area contributed by atoms with Crippen molar-refractivity contribution in [3.05, 3.63) is 86.8 Å². The molecule has 0 spiro atoms. The molecule has 4 rings (SSSR count). The van der Waals surface area contributed by atoms with Crippen molar-refractivity contribution in [2.75, 3.05) is 11.4 Å². The Bertz CT molecular complexity index is 1610. The van der Waals surface area contributed by atoms with Crippen molar-refractivity contribution in [3.8, 4) is 0 Å². The molecular weight excluding hydrogens is 495 g/mol. The van der Waals surface area contributed by atoms with Crippen LogP contribution in [-0.4, -0.2) is 47.5 Å². The number of aliphatic hydroxyl groups excluding tert-OH is 1. The smallest absolute Gasteiger partial charge is 0.416 e. The normalized spacial score (nSPS) is 12.6. The minimum Gasteiger partial charge on any atom is -0.478 e. The zero-order valence-corrected chi connectivity index (χ0v) is 19.7. The predicted octanol–water partition coefficient (Wildman–Crippen LogP) is 2.35. The van der Waals surface area contributed by atoms with Gasteiger partial charge in [0.25, 0.3) is 5.56 Å². The average molecular weight is 517 g/mol. The van der Waals surface area contributed by atoms with Crippen molar-refractivity contribution in [2.24, 2.45) is 14.1 Å². The maximum atomic E-state index is 13.4. The largest absolute Gasteiger partial charge is 0.478 e. The number of benzene rings is 2. The predicted molar refractivity (Wildman–Crippen MR) is 128 cm³/mol. The highest BCUT2D eigenvalue weighted by atomic mass is 19.4. The second-order valence-corrected chi connectivity index (χ2v) is 8.41. The number of carboxylic acids is 1. The Labute approximate surface area is 207 Å². The fourth-order valence-electron chi connectivity index (χ4n) is 4.11. The Hall–Kier alpha value is -4.39. The Morgan fingerprint density at radius 3 is 2.46 bits per heavy atom. The standard InChI is InChI=1S/C24H22F3N5O5/c1-29-20-19(21(34)30(2)23(29)37)31(13-28-20)11-16(33)12-32(18-9-4-3-8-17(18)22(35)36)15-7-5-6-14(10-15)24(25,26)27/h3-10,13,16,33H,11-12H2,1-2H3,(H,35,36)/t16-/m1/s1. The first-order valence-corrected chi connectivity index (χ1v) is 11.0. The zero-order chi connectivity index (χ0) is 27.1. The summed E-state index contributed by atoms with van der Waals surface area (Å²) < 4.78 is 43.6. The summed E-state index contributed by atoms with van der Waals surface area (Å²) in [7, 11) is 2.74. The number of rotatable bonds is 7. The summed E-state index contributed by atoms with van der Waals surface area (Å²) in [6.45, 7) is -0.536. The fraction of sp³-hybridized carbons (Fsp3) is 0.250. The molecule has 1 atom stereocenters. The topological polar surface area (TPSA) is 123 Å². The highest BCUT2D eigenvalue weighted by Gasteiger charge is 2.31. The van der Waals surface area contributed by atoms with Crippen LogP contribution in [0.25, 0.3) is 11.2 Å². The highest BCUT2D eigenvalue weighted by molar-refractivity contribution is 5.95. The van der Waals surface area contributed by atoms with E-state index >= 15 is 0 Å². The van der Waals surface area contributed by atoms with Crippen LogP contribution in [0.4, 0.5) is 24.5 Å². The number of aromatic carboxylic acids is 1. The Morgan fingerprint density at radius 1 is 1.08 bits per heavy atom. The van der Waals surface area contributed by atoms with Gasteiger partial charge in [-0.1, -0.05) is 18.2 Å². The average Bonchev–Trinajstić information content (AvgIpc) is 3.27. The molecule has 194 valence electrons. The molecule has 2 heterocycles. The van der Waals surface area contributed by atoms with Gasteiger partial charge in [-0.15, -0.1) is 0 Å². The molecule has 0 aliphatic rings. The summed E-state index contributed by atoms with van der Waals surface area (Å²) >= 11 is 0. The van der Waals surface area contributed by atoms with E-state index in [1.807, 2.05) is 0 Å². The molecule has 0 fully saturated rings. The number of nitrogens with zero attached hydrogens (tertiary/aromatic N) is 5. The number of aliphatic hydroxyl groups is 1. The van der Waals surface area contributed by atoms with Crippen LogP contribution in [0.5, 0.6) is 0 Å². The summed E-state index contributed by atoms with van der Waals surface area (Å²) in [5.41, 5.74) is -2.09. The Kier molecular flexibility index (Phi) is 6.65. The molecule has 0 radical (unpaired) electrons. The first-order chi connectivity index (χ1) is 17.4. The third-order valence-corrected chi connectivity index (χ3v) is 5.93. The number of aryl methyl sites for hydroxylation is 1. The van der Waals surface area contributed by atoms with Crippen LogP contribution in [0.3, 0.4) is 0 Å². The summed E-state index contributed by atoms with van der Waals surface area (Å²) in [4.78, 5) is 42.1. The van der Waals surface area contributed by atoms with Crippen LogP contribution >= 0.6 is 0 Å². The van der Waals surface area contributed by atoms with E-state index in [2.05, 4.69) is 4.98 Å². The number of carboxylic acid groups (broad SMARTS) is 1. The van der Waals surface area contributed by atoms with Gasteiger partial charge in [0.2, 0.25) is 0 Å². The van der Waals surface area contributed by atoms with E-state index in [1.54, 1.807) is 0 Å². The second kappa shape index (κ2) is 9.58. The molecule has 10 nitrogen and oxygen atoms in total. The fourth-order valence-corrected chi connectivity index (χ4v) is 4.11. The lowest BCUT2D eigenvalue weighted by molar-refractivity contribution is -0.137. The number of hydrogen-bond donors (Lipinski definition) is 2. The molecule has 2 N–H and O–H groups in total. The molecule has 0 amide bonds. The third kappa shape index (κ3) is 4.85. The third-order valence-electron chi connectivity index (χ3n) is 5.93. The molecule has 37 heavy (non-hydrogen) atoms. The number of alkyl halides is 3. The van der Waals surface area contributed by atoms with E-state index in [9.17, 15) is 37.8 Å². The summed E-state index contributed by atoms with van der Waals surface area (Å²) in [5.74, 6) is -1.30. The number of hydrogen-bond acceptors (Lipinski definition) is 6. The van der Waals surface area contributed by atoms with Crippen LogP contribution in [0.1, 0.15) is 15.9 Å². The maximum Gasteiger partial charge on any atom is 0.416 e. The van der Waals surface area contributed by atoms with Crippen molar-refractivity contribution in [2.45, 2.75) is 18.8 Å². The van der Waals surface area contributed by atoms with Crippen LogP contribution in [-0.2, 0) is 26.8 Å². The first-order valence-electron chi connectivity index (χ1n) is 11.0. The van der Waals surface area contributed by atoms with E-state index in [1.165, 1.54) is 70.9 Å². The van der Waals surface area contributed by atoms with E-state index in [4.69, 9.17) is 0 Å². The molecule has 0 saturated heterocycles. The Balaban J connectivity index is 1.76. The van der Waals surface area contributed by atoms with Crippen molar-refractivity contribution >= 4 is 28.5 Å². The van der Waals surface area contributed by atoms with Crippen LogP contribution < -0.4 is 16.1 Å². The van der Waals surface area contributed by atoms with Gasteiger partial charge in [-0.2, -0.15) is 13.2 Å². The van der Waals surface area contributed by atoms with E-state index in [-0.39, 0.29) is 41.2 Å². The number of anilines is 2. The number of imidazole rings is 1. The van der Waals surface area contributed by atoms with Crippen molar-refractivity contribution in [1.29, 1.82) is 0 Å². The number of halogens is 3. The molecule has 2 aromatic carbocycles. The van der Waals surface area contributed by atoms with Crippen molar-refractivity contribution in [3.63, 3.8) is 0 Å². The van der Waals surface area contributed by atoms with Gasteiger partial charge in [0.05, 0.1) is 42.3 Å². The van der Waals surface area contributed by atoms with Crippen LogP contribution in [0.2, 0.25) is 0 Å². The Morgan fingerprint density at radius 2 is 1.78 bits per heavy atom. The molecule has 4 aromatic rings. The first kappa shape index (κ1) is 25.7. The lowest BCUT2D eigenvalue weighted by atomic mass is 10.1. The molecule has 0 aliphatic carbocycles. The highest BCUT2D eigenvalue weighted by Crippen LogP contribution is 2.35. The molecule has 13 heteroatoms. The summed E-state index contributed by atoms with van der Waals surface area (Å²) in [6.07, 6.45) is -4.66. The number of fused-ring (bicyclic) bond motifs is 1. The van der Waals surface area contributed by atoms with Crippen LogP contribution in [0, 0.1) is 0 Å². The van der Waals surface area contributed by atoms with Gasteiger partial charge < -0.3 is 19.7 Å². The van der Waals surface area contributed by atoms with Crippen LogP contribution in [0.15, 0.2) is 64.4 Å². The quantitative estimate of drug-likeness (QED) is 0.386. The van der Waals surface area contributed by atoms with Gasteiger partial charge in [0.15, 0.2) is 11.2 Å². The monoisotopic (exact) mass is 517 g/mol. The van der Waals surface area contributed by atoms with Gasteiger partial charge in [0.1, 0.15) is 0 Å². The summed E-state index contributed by atoms with van der Waals surface area (Å²) in [6, 6.07) is 10.1. The minimum absolute atomic E-state index is 0.0105. The van der Waals surface area contributed by atoms with E-state index in [0.29, 0.717) is 0 Å². The number of aromatic nitrogens is 4. The van der Waals surface area contributed by atoms with Gasteiger partial charge in [-0.05, 0) is 30.3 Å². The molecule has 0 saturated carbocycles. The molecule has 0 unspecified atom stereocenters. The maximum absolute atomic E-state index is 13.4. The molecule has 0 aliphatic heterocycles. The summed E-state index contributed by atoms with van der Waals surface area (Å²) in [5, 5.41) is 20.6. The van der Waals surface area contributed by atoms with E-state index < -0.39 is 35.1 Å². The van der Waals surface area contributed by atoms with Gasteiger partial charge in [-0.25, -0.2) is 14.6 Å². The second-order valence-electron chi connectivity index (χ2n) is 8.41. The molecule has 0 bridgehead atoms. The van der Waals surface area contributed by atoms with Crippen molar-refractivity contribution < 1.29 is 28.2 Å². The molecular formula is C24H22F3N5O5. The lowest BCUT2D eigenvalue weighted by Crippen LogP contribution is -2.38. The van der Waals surface area contributed by atoms with Gasteiger partial charge in [0, 0.05) is 19.8 Å². The SMILES string of the molecule is Cn1c(=O)c2c(ncn2C[C@@H](O)CN(c2cccc(C(F)(F)F)c2)c2ccccc2C(=O)O)n(C)c1=O. The number of para-hydroxylation sites is 1. The van der Waals surface area contributed by atoms with Gasteiger partial charge >= 0.3 is 17.8 Å². The van der Waals surface area contributed by atoms with E-state index in [0.717, 1.165) is 16.7 Å².